The molecule has 0 unspecified atom stereocenters. The molecule has 0 aliphatic heterocycles. The second-order valence-electron chi connectivity index (χ2n) is 2.07. The summed E-state index contributed by atoms with van der Waals surface area (Å²) in [4.78, 5) is 0. The van der Waals surface area contributed by atoms with Crippen molar-refractivity contribution in [2.75, 3.05) is 6.67 Å². The van der Waals surface area contributed by atoms with Crippen molar-refractivity contribution in [2.24, 2.45) is 0 Å². The molecule has 2 nitrogen and oxygen atoms in total. The third-order valence-corrected chi connectivity index (χ3v) is 3.31. The van der Waals surface area contributed by atoms with Gasteiger partial charge in [0.2, 0.25) is 0 Å². The summed E-state index contributed by atoms with van der Waals surface area (Å²) >= 11 is 5.45. The van der Waals surface area contributed by atoms with Crippen molar-refractivity contribution in [3.05, 3.63) is 14.4 Å². The minimum Gasteiger partial charge on any atom is -0.270 e. The van der Waals surface area contributed by atoms with Gasteiger partial charge in [-0.05, 0) is 44.9 Å². The van der Waals surface area contributed by atoms with Crippen molar-refractivity contribution in [1.29, 1.82) is 0 Å². The van der Waals surface area contributed by atoms with E-state index in [4.69, 9.17) is 0 Å². The Kier molecular flexibility index (Phi) is 3.77. The molecule has 0 saturated carbocycles. The monoisotopic (exact) mass is 332 g/mol. The highest BCUT2D eigenvalue weighted by Crippen LogP contribution is 2.16. The van der Waals surface area contributed by atoms with Crippen LogP contribution in [0, 0.1) is 3.70 Å². The number of halogens is 3. The lowest BCUT2D eigenvalue weighted by molar-refractivity contribution is 0.434. The molecule has 11 heavy (non-hydrogen) atoms. The van der Waals surface area contributed by atoms with E-state index in [0.29, 0.717) is 13.0 Å². The third-order valence-electron chi connectivity index (χ3n) is 1.20. The largest absolute Gasteiger partial charge is 0.270 e. The lowest BCUT2D eigenvalue weighted by atomic mass is 10.5. The molecular formula is C6H7BrFIN2. The number of alkyl halides is 1. The molecule has 0 atom stereocenters. The van der Waals surface area contributed by atoms with Crippen LogP contribution in [0.2, 0.25) is 0 Å². The maximum Gasteiger partial charge on any atom is 0.137 e. The number of rotatable bonds is 3. The first-order chi connectivity index (χ1) is 5.24. The molecule has 1 heterocycles. The topological polar surface area (TPSA) is 17.8 Å². The van der Waals surface area contributed by atoms with E-state index in [1.807, 2.05) is 6.20 Å². The van der Waals surface area contributed by atoms with Gasteiger partial charge in [0.1, 0.15) is 3.70 Å². The third kappa shape index (κ3) is 2.70. The molecular weight excluding hydrogens is 326 g/mol. The minimum atomic E-state index is -0.284. The maximum atomic E-state index is 11.7. The molecule has 0 amide bonds. The van der Waals surface area contributed by atoms with Gasteiger partial charge in [-0.3, -0.25) is 9.07 Å². The molecule has 1 rings (SSSR count). The fourth-order valence-corrected chi connectivity index (χ4v) is 1.44. The van der Waals surface area contributed by atoms with Crippen molar-refractivity contribution < 1.29 is 4.39 Å². The highest BCUT2D eigenvalue weighted by Gasteiger charge is 2.01. The first-order valence-electron chi connectivity index (χ1n) is 3.18. The molecule has 5 heteroatoms. The predicted molar refractivity (Wildman–Crippen MR) is 53.2 cm³/mol. The van der Waals surface area contributed by atoms with Crippen LogP contribution in [0.3, 0.4) is 0 Å². The Hall–Kier alpha value is 0.350. The summed E-state index contributed by atoms with van der Waals surface area (Å²) in [5.41, 5.74) is 0. The molecule has 0 aliphatic carbocycles. The van der Waals surface area contributed by atoms with E-state index < -0.39 is 0 Å². The highest BCUT2D eigenvalue weighted by molar-refractivity contribution is 14.1. The normalized spacial score (nSPS) is 10.5. The maximum absolute atomic E-state index is 11.7. The molecule has 0 saturated heterocycles. The Morgan fingerprint density at radius 1 is 1.73 bits per heavy atom. The number of nitrogens with zero attached hydrogens (tertiary/aromatic N) is 2. The van der Waals surface area contributed by atoms with Crippen LogP contribution in [-0.2, 0) is 6.54 Å². The van der Waals surface area contributed by atoms with Crippen LogP contribution in [0.15, 0.2) is 10.7 Å². The highest BCUT2D eigenvalue weighted by atomic mass is 127. The summed E-state index contributed by atoms with van der Waals surface area (Å²) in [6, 6.07) is 0. The quantitative estimate of drug-likeness (QED) is 0.778. The number of aromatic nitrogens is 2. The van der Waals surface area contributed by atoms with Gasteiger partial charge < -0.3 is 0 Å². The fourth-order valence-electron chi connectivity index (χ4n) is 0.710. The Bertz CT molecular complexity index is 219. The van der Waals surface area contributed by atoms with Crippen LogP contribution in [0.5, 0.6) is 0 Å². The second kappa shape index (κ2) is 4.39. The number of hydrogen-bond donors (Lipinski definition) is 0. The first-order valence-corrected chi connectivity index (χ1v) is 5.05. The summed E-state index contributed by atoms with van der Waals surface area (Å²) in [6.07, 6.45) is 2.39. The van der Waals surface area contributed by atoms with E-state index in [2.05, 4.69) is 43.6 Å². The van der Waals surface area contributed by atoms with Gasteiger partial charge in [-0.15, -0.1) is 0 Å². The smallest absolute Gasteiger partial charge is 0.137 e. The van der Waals surface area contributed by atoms with E-state index in [-0.39, 0.29) is 6.67 Å². The van der Waals surface area contributed by atoms with E-state index in [1.54, 1.807) is 4.68 Å². The summed E-state index contributed by atoms with van der Waals surface area (Å²) in [7, 11) is 0. The van der Waals surface area contributed by atoms with Crippen molar-refractivity contribution in [3.63, 3.8) is 0 Å². The van der Waals surface area contributed by atoms with Gasteiger partial charge in [-0.25, -0.2) is 0 Å². The van der Waals surface area contributed by atoms with Crippen LogP contribution >= 0.6 is 38.5 Å². The van der Waals surface area contributed by atoms with Crippen molar-refractivity contribution in [1.82, 2.24) is 9.78 Å². The minimum absolute atomic E-state index is 0.284. The van der Waals surface area contributed by atoms with Gasteiger partial charge in [-0.1, -0.05) is 0 Å². The molecule has 0 aliphatic rings. The molecule has 1 aromatic heterocycles. The molecule has 0 spiro atoms. The zero-order chi connectivity index (χ0) is 8.27. The molecule has 1 aromatic rings. The zero-order valence-electron chi connectivity index (χ0n) is 5.73. The number of hydrogen-bond acceptors (Lipinski definition) is 1. The van der Waals surface area contributed by atoms with Crippen LogP contribution in [0.4, 0.5) is 4.39 Å². The average molecular weight is 333 g/mol. The average Bonchev–Trinajstić information content (AvgIpc) is 2.28. The van der Waals surface area contributed by atoms with Gasteiger partial charge >= 0.3 is 0 Å². The van der Waals surface area contributed by atoms with Crippen molar-refractivity contribution >= 4 is 38.5 Å². The van der Waals surface area contributed by atoms with Gasteiger partial charge in [0.15, 0.2) is 0 Å². The Labute approximate surface area is 86.4 Å². The Morgan fingerprint density at radius 3 is 2.91 bits per heavy atom. The standard InChI is InChI=1S/C6H7BrFIN2/c7-5-4-11(3-1-2-8)10-6(5)9/h4H,1-3H2. The van der Waals surface area contributed by atoms with E-state index in [0.717, 1.165) is 8.17 Å². The second-order valence-corrected chi connectivity index (χ2v) is 3.95. The van der Waals surface area contributed by atoms with Crippen LogP contribution in [0.25, 0.3) is 0 Å². The van der Waals surface area contributed by atoms with Gasteiger partial charge in [-0.2, -0.15) is 5.10 Å². The molecule has 0 radical (unpaired) electrons. The van der Waals surface area contributed by atoms with E-state index >= 15 is 0 Å². The summed E-state index contributed by atoms with van der Waals surface area (Å²) < 4.78 is 15.4. The van der Waals surface area contributed by atoms with E-state index in [1.165, 1.54) is 0 Å². The van der Waals surface area contributed by atoms with Crippen molar-refractivity contribution in [3.8, 4) is 0 Å². The van der Waals surface area contributed by atoms with E-state index in [9.17, 15) is 4.39 Å². The SMILES string of the molecule is FCCCn1cc(Br)c(I)n1. The zero-order valence-corrected chi connectivity index (χ0v) is 9.47. The molecule has 0 bridgehead atoms. The summed E-state index contributed by atoms with van der Waals surface area (Å²) in [5, 5.41) is 4.14. The Balaban J connectivity index is 2.58. The summed E-state index contributed by atoms with van der Waals surface area (Å²) in [6.45, 7) is 0.367. The van der Waals surface area contributed by atoms with Crippen molar-refractivity contribution in [2.45, 2.75) is 13.0 Å². The number of aryl methyl sites for hydroxylation is 1. The molecule has 0 N–H and O–H groups in total. The van der Waals surface area contributed by atoms with Gasteiger partial charge in [0.05, 0.1) is 11.1 Å². The van der Waals surface area contributed by atoms with Crippen LogP contribution in [-0.4, -0.2) is 16.5 Å². The lowest BCUT2D eigenvalue weighted by Gasteiger charge is -1.95. The molecule has 0 aromatic carbocycles. The Morgan fingerprint density at radius 2 is 2.45 bits per heavy atom. The van der Waals surface area contributed by atoms with Gasteiger partial charge in [0, 0.05) is 12.7 Å². The molecule has 62 valence electrons. The van der Waals surface area contributed by atoms with Crippen LogP contribution in [0.1, 0.15) is 6.42 Å². The first kappa shape index (κ1) is 9.44. The van der Waals surface area contributed by atoms with Gasteiger partial charge in [0.25, 0.3) is 0 Å². The predicted octanol–water partition coefficient (Wildman–Crippen LogP) is 2.61. The van der Waals surface area contributed by atoms with Crippen LogP contribution < -0.4 is 0 Å². The summed E-state index contributed by atoms with van der Waals surface area (Å²) in [5.74, 6) is 0. The fraction of sp³-hybridized carbons (Fsp3) is 0.500. The lowest BCUT2D eigenvalue weighted by Crippen LogP contribution is -1.99. The molecule has 0 fully saturated rings.